The van der Waals surface area contributed by atoms with E-state index in [0.29, 0.717) is 11.3 Å². The van der Waals surface area contributed by atoms with Crippen molar-refractivity contribution in [3.63, 3.8) is 0 Å². The summed E-state index contributed by atoms with van der Waals surface area (Å²) in [6.07, 6.45) is 0. The second kappa shape index (κ2) is 5.87. The quantitative estimate of drug-likeness (QED) is 0.722. The summed E-state index contributed by atoms with van der Waals surface area (Å²) in [6.45, 7) is 15.8. The molecule has 0 fully saturated rings. The summed E-state index contributed by atoms with van der Waals surface area (Å²) in [5, 5.41) is 3.81. The van der Waals surface area contributed by atoms with Crippen molar-refractivity contribution in [1.82, 2.24) is 0 Å². The molecule has 1 N–H and O–H groups in total. The highest BCUT2D eigenvalue weighted by molar-refractivity contribution is 7.60. The molecule has 1 aromatic carbocycles. The van der Waals surface area contributed by atoms with E-state index in [9.17, 15) is 0 Å². The average molecular weight is 251 g/mol. The number of aryl methyl sites for hydroxylation is 3. The Morgan fingerprint density at radius 1 is 0.882 bits per heavy atom. The third-order valence-electron chi connectivity index (χ3n) is 3.03. The number of anilines is 1. The fourth-order valence-electron chi connectivity index (χ4n) is 2.34. The van der Waals surface area contributed by atoms with Crippen molar-refractivity contribution in [2.24, 2.45) is 0 Å². The lowest BCUT2D eigenvalue weighted by Crippen LogP contribution is -2.11. The van der Waals surface area contributed by atoms with Crippen LogP contribution < -0.4 is 5.09 Å². The van der Waals surface area contributed by atoms with E-state index in [1.54, 1.807) is 0 Å². The van der Waals surface area contributed by atoms with Gasteiger partial charge in [-0.3, -0.25) is 0 Å². The smallest absolute Gasteiger partial charge is 0.0432 e. The summed E-state index contributed by atoms with van der Waals surface area (Å²) >= 11 is 0. The Balaban J connectivity index is 3.01. The first-order valence-corrected chi connectivity index (χ1v) is 7.93. The highest BCUT2D eigenvalue weighted by Gasteiger charge is 2.18. The molecule has 0 heterocycles. The first kappa shape index (κ1) is 14.5. The van der Waals surface area contributed by atoms with Crippen LogP contribution in [0.25, 0.3) is 0 Å². The SMILES string of the molecule is Cc1cc(C)c(NP(C(C)C)C(C)C)c(C)c1. The molecule has 1 nitrogen and oxygen atoms in total. The number of hydrogen-bond acceptors (Lipinski definition) is 1. The molecular weight excluding hydrogens is 225 g/mol. The molecule has 1 aromatic rings. The Labute approximate surface area is 108 Å². The summed E-state index contributed by atoms with van der Waals surface area (Å²) < 4.78 is 0. The van der Waals surface area contributed by atoms with Crippen molar-refractivity contribution in [3.8, 4) is 0 Å². The molecule has 0 aromatic heterocycles. The van der Waals surface area contributed by atoms with Crippen LogP contribution in [0.15, 0.2) is 12.1 Å². The zero-order valence-corrected chi connectivity index (χ0v) is 13.2. The van der Waals surface area contributed by atoms with E-state index in [1.807, 2.05) is 0 Å². The van der Waals surface area contributed by atoms with Crippen LogP contribution in [0.5, 0.6) is 0 Å². The summed E-state index contributed by atoms with van der Waals surface area (Å²) in [7, 11) is -0.147. The first-order chi connectivity index (χ1) is 7.82. The van der Waals surface area contributed by atoms with Crippen LogP contribution in [-0.2, 0) is 0 Å². The van der Waals surface area contributed by atoms with Gasteiger partial charge in [0.2, 0.25) is 0 Å². The molecule has 17 heavy (non-hydrogen) atoms. The topological polar surface area (TPSA) is 12.0 Å². The largest absolute Gasteiger partial charge is 0.363 e. The van der Waals surface area contributed by atoms with Gasteiger partial charge in [0.25, 0.3) is 0 Å². The molecule has 0 aliphatic carbocycles. The second-order valence-electron chi connectivity index (χ2n) is 5.48. The van der Waals surface area contributed by atoms with E-state index in [0.717, 1.165) is 0 Å². The lowest BCUT2D eigenvalue weighted by molar-refractivity contribution is 1.01. The Kier molecular flexibility index (Phi) is 5.01. The van der Waals surface area contributed by atoms with Gasteiger partial charge in [-0.25, -0.2) is 0 Å². The third-order valence-corrected chi connectivity index (χ3v) is 5.74. The number of benzene rings is 1. The summed E-state index contributed by atoms with van der Waals surface area (Å²) in [5.74, 6) is 0. The van der Waals surface area contributed by atoms with Gasteiger partial charge >= 0.3 is 0 Å². The van der Waals surface area contributed by atoms with Gasteiger partial charge in [0.1, 0.15) is 0 Å². The minimum Gasteiger partial charge on any atom is -0.363 e. The summed E-state index contributed by atoms with van der Waals surface area (Å²) in [4.78, 5) is 0. The molecule has 0 aliphatic heterocycles. The van der Waals surface area contributed by atoms with Crippen LogP contribution in [0.3, 0.4) is 0 Å². The normalized spacial score (nSPS) is 11.6. The van der Waals surface area contributed by atoms with Crippen LogP contribution in [0.1, 0.15) is 44.4 Å². The third kappa shape index (κ3) is 3.71. The van der Waals surface area contributed by atoms with E-state index >= 15 is 0 Å². The van der Waals surface area contributed by atoms with Gasteiger partial charge in [-0.15, -0.1) is 0 Å². The van der Waals surface area contributed by atoms with Crippen LogP contribution in [0.4, 0.5) is 5.69 Å². The van der Waals surface area contributed by atoms with Crippen molar-refractivity contribution in [1.29, 1.82) is 0 Å². The summed E-state index contributed by atoms with van der Waals surface area (Å²) in [5.41, 5.74) is 6.87. The van der Waals surface area contributed by atoms with E-state index in [1.165, 1.54) is 22.4 Å². The predicted molar refractivity (Wildman–Crippen MR) is 81.5 cm³/mol. The van der Waals surface area contributed by atoms with Gasteiger partial charge in [0.15, 0.2) is 0 Å². The van der Waals surface area contributed by atoms with Gasteiger partial charge in [-0.1, -0.05) is 45.4 Å². The van der Waals surface area contributed by atoms with Crippen molar-refractivity contribution in [2.45, 2.75) is 59.8 Å². The molecule has 96 valence electrons. The van der Waals surface area contributed by atoms with Crippen LogP contribution in [0.2, 0.25) is 0 Å². The minimum absolute atomic E-state index is 0.147. The molecule has 0 radical (unpaired) electrons. The van der Waals surface area contributed by atoms with Crippen molar-refractivity contribution < 1.29 is 0 Å². The van der Waals surface area contributed by atoms with E-state index < -0.39 is 0 Å². The Morgan fingerprint density at radius 3 is 1.65 bits per heavy atom. The van der Waals surface area contributed by atoms with Crippen LogP contribution >= 0.6 is 8.07 Å². The zero-order chi connectivity index (χ0) is 13.2. The van der Waals surface area contributed by atoms with Gasteiger partial charge in [-0.2, -0.15) is 0 Å². The number of nitrogens with one attached hydrogen (secondary N) is 1. The maximum Gasteiger partial charge on any atom is 0.0432 e. The van der Waals surface area contributed by atoms with Crippen molar-refractivity contribution >= 4 is 13.8 Å². The zero-order valence-electron chi connectivity index (χ0n) is 12.3. The molecule has 0 aliphatic rings. The molecule has 1 rings (SSSR count). The van der Waals surface area contributed by atoms with Gasteiger partial charge in [0, 0.05) is 5.69 Å². The van der Waals surface area contributed by atoms with Crippen molar-refractivity contribution in [3.05, 3.63) is 28.8 Å². The fourth-order valence-corrected chi connectivity index (χ4v) is 4.66. The summed E-state index contributed by atoms with van der Waals surface area (Å²) in [6, 6.07) is 4.53. The number of hydrogen-bond donors (Lipinski definition) is 1. The van der Waals surface area contributed by atoms with Gasteiger partial charge in [0.05, 0.1) is 0 Å². The Hall–Kier alpha value is -0.550. The Morgan fingerprint density at radius 2 is 1.29 bits per heavy atom. The standard InChI is InChI=1S/C15H26NP/c1-10(2)17(11(3)4)16-15-13(6)8-12(5)9-14(15)7/h8-11,16H,1-7H3. The minimum atomic E-state index is -0.147. The molecule has 0 unspecified atom stereocenters. The first-order valence-electron chi connectivity index (χ1n) is 6.45. The van der Waals surface area contributed by atoms with Gasteiger partial charge in [-0.05, 0) is 51.3 Å². The van der Waals surface area contributed by atoms with E-state index in [4.69, 9.17) is 0 Å². The predicted octanol–water partition coefficient (Wildman–Crippen LogP) is 5.24. The molecule has 0 saturated heterocycles. The molecule has 2 heteroatoms. The van der Waals surface area contributed by atoms with Gasteiger partial charge < -0.3 is 5.09 Å². The average Bonchev–Trinajstić information content (AvgIpc) is 2.14. The van der Waals surface area contributed by atoms with Crippen molar-refractivity contribution in [2.75, 3.05) is 5.09 Å². The van der Waals surface area contributed by atoms with Crippen LogP contribution in [-0.4, -0.2) is 11.3 Å². The van der Waals surface area contributed by atoms with Crippen LogP contribution in [0, 0.1) is 20.8 Å². The monoisotopic (exact) mass is 251 g/mol. The lowest BCUT2D eigenvalue weighted by atomic mass is 10.1. The molecule has 0 atom stereocenters. The highest BCUT2D eigenvalue weighted by atomic mass is 31.1. The van der Waals surface area contributed by atoms with E-state index in [-0.39, 0.29) is 8.07 Å². The molecular formula is C15H26NP. The fraction of sp³-hybridized carbons (Fsp3) is 0.600. The molecule has 0 saturated carbocycles. The second-order valence-corrected chi connectivity index (χ2v) is 8.58. The maximum absolute atomic E-state index is 3.81. The molecule has 0 bridgehead atoms. The van der Waals surface area contributed by atoms with E-state index in [2.05, 4.69) is 65.7 Å². The molecule has 0 spiro atoms. The Bertz CT molecular complexity index is 352. The molecule has 0 amide bonds. The lowest BCUT2D eigenvalue weighted by Gasteiger charge is -2.29. The maximum atomic E-state index is 3.81. The number of rotatable bonds is 4. The highest BCUT2D eigenvalue weighted by Crippen LogP contribution is 2.47.